The first-order valence-corrected chi connectivity index (χ1v) is 11.9. The molecule has 1 aliphatic carbocycles. The quantitative estimate of drug-likeness (QED) is 0.557. The molecule has 3 N–H and O–H groups in total. The standard InChI is InChI=1S/C21H23Cl2N3O4S/c1-11-6-12(2)20(13(3)7-11)25-19(27)10-24-21(28)15-8-18(17(23)9-16(15)22)31(29,30)26-14-4-5-14/h6-9,14,26H,4-5,10H2,1-3H3,(H,24,28)(H,25,27). The van der Waals surface area contributed by atoms with Crippen molar-refractivity contribution in [3.63, 3.8) is 0 Å². The first-order valence-electron chi connectivity index (χ1n) is 9.65. The zero-order valence-electron chi connectivity index (χ0n) is 17.3. The van der Waals surface area contributed by atoms with Gasteiger partial charge in [-0.15, -0.1) is 0 Å². The monoisotopic (exact) mass is 483 g/mol. The fourth-order valence-electron chi connectivity index (χ4n) is 3.21. The summed E-state index contributed by atoms with van der Waals surface area (Å²) in [6, 6.07) is 6.11. The molecule has 0 atom stereocenters. The van der Waals surface area contributed by atoms with Gasteiger partial charge >= 0.3 is 0 Å². The van der Waals surface area contributed by atoms with Crippen LogP contribution in [0.5, 0.6) is 0 Å². The van der Waals surface area contributed by atoms with Crippen molar-refractivity contribution < 1.29 is 18.0 Å². The smallest absolute Gasteiger partial charge is 0.253 e. The van der Waals surface area contributed by atoms with E-state index in [4.69, 9.17) is 23.2 Å². The Hall–Kier alpha value is -2.13. The van der Waals surface area contributed by atoms with Crippen LogP contribution in [0.2, 0.25) is 10.0 Å². The Morgan fingerprint density at radius 3 is 2.19 bits per heavy atom. The number of benzene rings is 2. The Morgan fingerprint density at radius 1 is 1.00 bits per heavy atom. The molecule has 1 fully saturated rings. The average molecular weight is 484 g/mol. The molecular weight excluding hydrogens is 461 g/mol. The predicted molar refractivity (Wildman–Crippen MR) is 121 cm³/mol. The van der Waals surface area contributed by atoms with Gasteiger partial charge in [-0.05, 0) is 56.9 Å². The second-order valence-corrected chi connectivity index (χ2v) is 10.2. The van der Waals surface area contributed by atoms with Crippen LogP contribution < -0.4 is 15.4 Å². The van der Waals surface area contributed by atoms with Gasteiger partial charge in [0.25, 0.3) is 5.91 Å². The number of sulfonamides is 1. The number of hydrogen-bond donors (Lipinski definition) is 3. The molecule has 31 heavy (non-hydrogen) atoms. The SMILES string of the molecule is Cc1cc(C)c(NC(=O)CNC(=O)c2cc(S(=O)(=O)NC3CC3)c(Cl)cc2Cl)c(C)c1. The van der Waals surface area contributed by atoms with Gasteiger partial charge in [-0.25, -0.2) is 13.1 Å². The number of rotatable bonds is 7. The van der Waals surface area contributed by atoms with Gasteiger partial charge in [0.05, 0.1) is 22.2 Å². The summed E-state index contributed by atoms with van der Waals surface area (Å²) in [7, 11) is -3.89. The van der Waals surface area contributed by atoms with E-state index in [2.05, 4.69) is 15.4 Å². The molecule has 0 saturated heterocycles. The van der Waals surface area contributed by atoms with Crippen molar-refractivity contribution >= 4 is 50.7 Å². The lowest BCUT2D eigenvalue weighted by Gasteiger charge is -2.14. The molecule has 3 rings (SSSR count). The minimum absolute atomic E-state index is 0.0153. The summed E-state index contributed by atoms with van der Waals surface area (Å²) in [5, 5.41) is 5.15. The molecule has 2 aromatic rings. The van der Waals surface area contributed by atoms with E-state index >= 15 is 0 Å². The van der Waals surface area contributed by atoms with Gasteiger partial charge in [0.15, 0.2) is 0 Å². The largest absolute Gasteiger partial charge is 0.343 e. The zero-order valence-corrected chi connectivity index (χ0v) is 19.6. The van der Waals surface area contributed by atoms with Gasteiger partial charge in [0.2, 0.25) is 15.9 Å². The predicted octanol–water partition coefficient (Wildman–Crippen LogP) is 3.73. The number of amides is 2. The molecule has 0 aromatic heterocycles. The molecular formula is C21H23Cl2N3O4S. The molecule has 0 spiro atoms. The molecule has 2 amide bonds. The van der Waals surface area contributed by atoms with Crippen LogP contribution >= 0.6 is 23.2 Å². The van der Waals surface area contributed by atoms with E-state index in [1.807, 2.05) is 32.9 Å². The van der Waals surface area contributed by atoms with Crippen molar-refractivity contribution in [2.45, 2.75) is 44.6 Å². The second-order valence-electron chi connectivity index (χ2n) is 7.66. The second kappa shape index (κ2) is 9.16. The van der Waals surface area contributed by atoms with Crippen LogP contribution in [0.25, 0.3) is 0 Å². The van der Waals surface area contributed by atoms with Gasteiger partial charge in [0, 0.05) is 11.7 Å². The van der Waals surface area contributed by atoms with Crippen LogP contribution in [-0.2, 0) is 14.8 Å². The summed E-state index contributed by atoms with van der Waals surface area (Å²) in [4.78, 5) is 24.7. The molecule has 0 bridgehead atoms. The van der Waals surface area contributed by atoms with Crippen LogP contribution in [0.4, 0.5) is 5.69 Å². The lowest BCUT2D eigenvalue weighted by atomic mass is 10.1. The van der Waals surface area contributed by atoms with Crippen molar-refractivity contribution in [2.24, 2.45) is 0 Å². The number of carbonyl (C=O) groups excluding carboxylic acids is 2. The van der Waals surface area contributed by atoms with Gasteiger partial charge in [-0.2, -0.15) is 0 Å². The van der Waals surface area contributed by atoms with Gasteiger partial charge in [0.1, 0.15) is 4.90 Å². The molecule has 166 valence electrons. The molecule has 0 aliphatic heterocycles. The molecule has 0 unspecified atom stereocenters. The number of nitrogens with one attached hydrogen (secondary N) is 3. The van der Waals surface area contributed by atoms with Crippen LogP contribution in [0.3, 0.4) is 0 Å². The van der Waals surface area contributed by atoms with Crippen LogP contribution in [0, 0.1) is 20.8 Å². The highest BCUT2D eigenvalue weighted by Gasteiger charge is 2.30. The molecule has 10 heteroatoms. The highest BCUT2D eigenvalue weighted by Crippen LogP contribution is 2.30. The number of anilines is 1. The number of aryl methyl sites for hydroxylation is 3. The third kappa shape index (κ3) is 5.77. The van der Waals surface area contributed by atoms with Crippen molar-refractivity contribution in [3.05, 3.63) is 56.6 Å². The van der Waals surface area contributed by atoms with E-state index in [-0.39, 0.29) is 33.1 Å². The van der Waals surface area contributed by atoms with Crippen molar-refractivity contribution in [1.82, 2.24) is 10.0 Å². The fourth-order valence-corrected chi connectivity index (χ4v) is 5.37. The maximum Gasteiger partial charge on any atom is 0.253 e. The number of hydrogen-bond acceptors (Lipinski definition) is 4. The highest BCUT2D eigenvalue weighted by molar-refractivity contribution is 7.89. The summed E-state index contributed by atoms with van der Waals surface area (Å²) >= 11 is 12.2. The number of halogens is 2. The van der Waals surface area contributed by atoms with E-state index in [1.165, 1.54) is 6.07 Å². The normalized spacial score (nSPS) is 13.7. The summed E-state index contributed by atoms with van der Waals surface area (Å²) < 4.78 is 27.5. The Balaban J connectivity index is 1.72. The van der Waals surface area contributed by atoms with Crippen LogP contribution in [0.1, 0.15) is 39.9 Å². The summed E-state index contributed by atoms with van der Waals surface area (Å²) in [5.41, 5.74) is 3.51. The molecule has 7 nitrogen and oxygen atoms in total. The Kier molecular flexibility index (Phi) is 6.95. The minimum atomic E-state index is -3.89. The first-order chi connectivity index (χ1) is 14.5. The van der Waals surface area contributed by atoms with Crippen molar-refractivity contribution in [2.75, 3.05) is 11.9 Å². The highest BCUT2D eigenvalue weighted by atomic mass is 35.5. The summed E-state index contributed by atoms with van der Waals surface area (Å²) in [5.74, 6) is -1.10. The lowest BCUT2D eigenvalue weighted by Crippen LogP contribution is -2.33. The van der Waals surface area contributed by atoms with Crippen molar-refractivity contribution in [1.29, 1.82) is 0 Å². The van der Waals surface area contributed by atoms with E-state index in [0.717, 1.165) is 35.6 Å². The molecule has 0 heterocycles. The summed E-state index contributed by atoms with van der Waals surface area (Å²) in [6.45, 7) is 5.43. The van der Waals surface area contributed by atoms with E-state index in [0.29, 0.717) is 5.69 Å². The number of carbonyl (C=O) groups is 2. The van der Waals surface area contributed by atoms with Crippen LogP contribution in [-0.4, -0.2) is 32.8 Å². The fraction of sp³-hybridized carbons (Fsp3) is 0.333. The Morgan fingerprint density at radius 2 is 1.61 bits per heavy atom. The first kappa shape index (κ1) is 23.5. The maximum atomic E-state index is 12.6. The minimum Gasteiger partial charge on any atom is -0.343 e. The van der Waals surface area contributed by atoms with E-state index in [1.54, 1.807) is 0 Å². The topological polar surface area (TPSA) is 104 Å². The Labute approximate surface area is 191 Å². The molecule has 1 saturated carbocycles. The molecule has 0 radical (unpaired) electrons. The van der Waals surface area contributed by atoms with Crippen LogP contribution in [0.15, 0.2) is 29.2 Å². The molecule has 1 aliphatic rings. The zero-order chi connectivity index (χ0) is 22.9. The Bertz CT molecular complexity index is 1140. The maximum absolute atomic E-state index is 12.6. The third-order valence-electron chi connectivity index (χ3n) is 4.81. The van der Waals surface area contributed by atoms with Crippen molar-refractivity contribution in [3.8, 4) is 0 Å². The molecule has 2 aromatic carbocycles. The third-order valence-corrected chi connectivity index (χ3v) is 7.10. The van der Waals surface area contributed by atoms with E-state index < -0.39 is 21.8 Å². The van der Waals surface area contributed by atoms with Gasteiger partial charge in [-0.1, -0.05) is 40.9 Å². The van der Waals surface area contributed by atoms with E-state index in [9.17, 15) is 18.0 Å². The van der Waals surface area contributed by atoms with Gasteiger partial charge in [-0.3, -0.25) is 9.59 Å². The van der Waals surface area contributed by atoms with Gasteiger partial charge < -0.3 is 10.6 Å². The average Bonchev–Trinajstić information content (AvgIpc) is 3.45. The lowest BCUT2D eigenvalue weighted by molar-refractivity contribution is -0.115. The summed E-state index contributed by atoms with van der Waals surface area (Å²) in [6.07, 6.45) is 1.51.